The molecule has 1 fully saturated rings. The van der Waals surface area contributed by atoms with Crippen molar-refractivity contribution < 1.29 is 18.7 Å². The van der Waals surface area contributed by atoms with Crippen molar-refractivity contribution in [2.45, 2.75) is 39.5 Å². The van der Waals surface area contributed by atoms with Gasteiger partial charge in [0.2, 0.25) is 5.91 Å². The van der Waals surface area contributed by atoms with Crippen LogP contribution in [0.5, 0.6) is 11.5 Å². The second kappa shape index (κ2) is 9.09. The zero-order valence-electron chi connectivity index (χ0n) is 20.6. The van der Waals surface area contributed by atoms with Crippen LogP contribution in [-0.4, -0.2) is 23.4 Å². The Balaban J connectivity index is 1.64. The van der Waals surface area contributed by atoms with Gasteiger partial charge >= 0.3 is 0 Å². The molecule has 2 bridgehead atoms. The Hall–Kier alpha value is -3.65. The van der Waals surface area contributed by atoms with E-state index in [9.17, 15) is 9.18 Å². The van der Waals surface area contributed by atoms with E-state index in [1.54, 1.807) is 17.0 Å². The quantitative estimate of drug-likeness (QED) is 0.438. The van der Waals surface area contributed by atoms with Crippen LogP contribution in [-0.2, 0) is 4.79 Å². The molecule has 1 amide bonds. The van der Waals surface area contributed by atoms with Crippen molar-refractivity contribution in [1.29, 1.82) is 0 Å². The number of fused-ring (bicyclic) bond motifs is 4. The maximum Gasteiger partial charge on any atom is 0.236 e. The van der Waals surface area contributed by atoms with Gasteiger partial charge in [-0.05, 0) is 81.9 Å². The normalized spacial score (nSPS) is 22.2. The Kier molecular flexibility index (Phi) is 6.08. The minimum Gasteiger partial charge on any atom is -0.490 e. The summed E-state index contributed by atoms with van der Waals surface area (Å²) < 4.78 is 26.3. The number of rotatable bonds is 5. The molecule has 3 aromatic carbocycles. The predicted octanol–water partition coefficient (Wildman–Crippen LogP) is 5.64. The monoisotopic (exact) mass is 505 g/mol. The average Bonchev–Trinajstić information content (AvgIpc) is 2.82. The number of nitrogens with one attached hydrogen (secondary N) is 2. The number of carbonyl (C=O) groups is 1. The highest BCUT2D eigenvalue weighted by atomic mass is 32.1. The van der Waals surface area contributed by atoms with E-state index in [0.717, 1.165) is 22.4 Å². The van der Waals surface area contributed by atoms with Crippen LogP contribution >= 0.6 is 12.2 Å². The number of hydrogen-bond donors (Lipinski definition) is 2. The number of benzene rings is 3. The van der Waals surface area contributed by atoms with Crippen molar-refractivity contribution in [3.8, 4) is 11.5 Å². The van der Waals surface area contributed by atoms with Crippen LogP contribution in [0.2, 0.25) is 0 Å². The van der Waals surface area contributed by atoms with E-state index in [-0.39, 0.29) is 11.7 Å². The van der Waals surface area contributed by atoms with Gasteiger partial charge in [0.15, 0.2) is 22.3 Å². The van der Waals surface area contributed by atoms with Crippen LogP contribution < -0.4 is 25.0 Å². The van der Waals surface area contributed by atoms with Gasteiger partial charge in [0, 0.05) is 16.9 Å². The maximum absolute atomic E-state index is 14.0. The molecule has 1 saturated heterocycles. The van der Waals surface area contributed by atoms with E-state index in [0.29, 0.717) is 28.9 Å². The fourth-order valence-electron chi connectivity index (χ4n) is 5.18. The van der Waals surface area contributed by atoms with Gasteiger partial charge in [-0.3, -0.25) is 9.69 Å². The molecule has 2 aliphatic heterocycles. The van der Waals surface area contributed by atoms with Gasteiger partial charge in [0.1, 0.15) is 11.7 Å². The first-order valence-electron chi connectivity index (χ1n) is 11.9. The summed E-state index contributed by atoms with van der Waals surface area (Å²) in [5.74, 6) is -0.142. The molecule has 0 spiro atoms. The molecule has 3 atom stereocenters. The highest BCUT2D eigenvalue weighted by molar-refractivity contribution is 7.80. The number of aryl methyl sites for hydroxylation is 2. The zero-order valence-corrected chi connectivity index (χ0v) is 21.4. The van der Waals surface area contributed by atoms with E-state index >= 15 is 0 Å². The fraction of sp³-hybridized carbons (Fsp3) is 0.286. The highest BCUT2D eigenvalue weighted by Crippen LogP contribution is 2.52. The average molecular weight is 506 g/mol. The number of thiocarbonyl (C=S) groups is 1. The summed E-state index contributed by atoms with van der Waals surface area (Å²) in [5, 5.41) is 6.86. The smallest absolute Gasteiger partial charge is 0.236 e. The third-order valence-electron chi connectivity index (χ3n) is 6.80. The first-order valence-corrected chi connectivity index (χ1v) is 12.3. The summed E-state index contributed by atoms with van der Waals surface area (Å²) in [6.07, 6.45) is 0. The Morgan fingerprint density at radius 1 is 1.19 bits per heavy atom. The molecule has 0 aliphatic carbocycles. The molecular formula is C28H28FN3O3S. The van der Waals surface area contributed by atoms with Crippen LogP contribution in [0.3, 0.4) is 0 Å². The Morgan fingerprint density at radius 3 is 2.64 bits per heavy atom. The maximum atomic E-state index is 14.0. The fourth-order valence-corrected chi connectivity index (χ4v) is 5.60. The Labute approximate surface area is 215 Å². The van der Waals surface area contributed by atoms with Crippen molar-refractivity contribution in [2.24, 2.45) is 5.92 Å². The molecule has 2 heterocycles. The minimum absolute atomic E-state index is 0.218. The van der Waals surface area contributed by atoms with Crippen LogP contribution in [0, 0.1) is 25.6 Å². The molecule has 0 aromatic heterocycles. The molecule has 2 aliphatic rings. The van der Waals surface area contributed by atoms with Gasteiger partial charge in [-0.15, -0.1) is 0 Å². The summed E-state index contributed by atoms with van der Waals surface area (Å²) in [6, 6.07) is 17.0. The van der Waals surface area contributed by atoms with Crippen molar-refractivity contribution in [3.63, 3.8) is 0 Å². The second-order valence-electron chi connectivity index (χ2n) is 9.29. The number of hydrogen-bond acceptors (Lipinski definition) is 4. The van der Waals surface area contributed by atoms with E-state index in [1.807, 2.05) is 64.1 Å². The predicted molar refractivity (Wildman–Crippen MR) is 142 cm³/mol. The summed E-state index contributed by atoms with van der Waals surface area (Å²) in [5.41, 5.74) is 2.98. The van der Waals surface area contributed by atoms with Crippen LogP contribution in [0.15, 0.2) is 60.7 Å². The van der Waals surface area contributed by atoms with Crippen molar-refractivity contribution >= 4 is 34.6 Å². The lowest BCUT2D eigenvalue weighted by Crippen LogP contribution is -2.72. The molecule has 3 aromatic rings. The topological polar surface area (TPSA) is 62.8 Å². The van der Waals surface area contributed by atoms with Crippen LogP contribution in [0.25, 0.3) is 0 Å². The molecular weight excluding hydrogens is 477 g/mol. The summed E-state index contributed by atoms with van der Waals surface area (Å²) >= 11 is 5.76. The molecule has 6 nitrogen and oxygen atoms in total. The number of ether oxygens (including phenoxy) is 2. The molecule has 0 unspecified atom stereocenters. The van der Waals surface area contributed by atoms with E-state index in [1.165, 1.54) is 12.1 Å². The minimum atomic E-state index is -1.23. The molecule has 0 saturated carbocycles. The van der Waals surface area contributed by atoms with Crippen molar-refractivity contribution in [3.05, 3.63) is 83.2 Å². The largest absolute Gasteiger partial charge is 0.490 e. The standard InChI is InChI=1S/C28H28FN3O3S/c1-5-34-22-8-6-7-20-24-23(26(33)30-21-14-9-16(2)15-17(21)3)28(4,35-25(20)22)32(27(36)31-24)19-12-10-18(29)11-13-19/h6-15,23-24H,5H2,1-4H3,(H,30,33)(H,31,36)/t23-,24+,28+/m1/s1. The third kappa shape index (κ3) is 3.95. The molecule has 36 heavy (non-hydrogen) atoms. The second-order valence-corrected chi connectivity index (χ2v) is 9.68. The molecule has 186 valence electrons. The Morgan fingerprint density at radius 2 is 1.94 bits per heavy atom. The summed E-state index contributed by atoms with van der Waals surface area (Å²) in [4.78, 5) is 15.7. The van der Waals surface area contributed by atoms with E-state index in [4.69, 9.17) is 21.7 Å². The van der Waals surface area contributed by atoms with Gasteiger partial charge in [0.05, 0.1) is 12.6 Å². The number of anilines is 2. The summed E-state index contributed by atoms with van der Waals surface area (Å²) in [7, 11) is 0. The zero-order chi connectivity index (χ0) is 25.6. The van der Waals surface area contributed by atoms with Gasteiger partial charge in [0.25, 0.3) is 0 Å². The molecule has 8 heteroatoms. The van der Waals surface area contributed by atoms with Gasteiger partial charge in [-0.25, -0.2) is 4.39 Å². The van der Waals surface area contributed by atoms with E-state index < -0.39 is 17.7 Å². The SMILES string of the molecule is CCOc1cccc2c1O[C@@]1(C)[C@@H](C(=O)Nc3ccc(C)cc3C)[C@H]2NC(=S)N1c1ccc(F)cc1. The lowest BCUT2D eigenvalue weighted by atomic mass is 9.78. The van der Waals surface area contributed by atoms with Gasteiger partial charge in [-0.2, -0.15) is 0 Å². The Bertz CT molecular complexity index is 1350. The highest BCUT2D eigenvalue weighted by Gasteiger charge is 2.59. The number of carbonyl (C=O) groups excluding carboxylic acids is 1. The number of amides is 1. The molecule has 2 N–H and O–H groups in total. The first kappa shape index (κ1) is 24.1. The van der Waals surface area contributed by atoms with E-state index in [2.05, 4.69) is 10.6 Å². The molecule has 0 radical (unpaired) electrons. The van der Waals surface area contributed by atoms with Gasteiger partial charge in [-0.1, -0.05) is 29.8 Å². The van der Waals surface area contributed by atoms with Crippen molar-refractivity contribution in [1.82, 2.24) is 5.32 Å². The number of para-hydroxylation sites is 1. The molecule has 5 rings (SSSR count). The third-order valence-corrected chi connectivity index (χ3v) is 7.10. The first-order chi connectivity index (χ1) is 17.2. The lowest BCUT2D eigenvalue weighted by Gasteiger charge is -2.56. The number of halogens is 1. The number of nitrogens with zero attached hydrogens (tertiary/aromatic N) is 1. The van der Waals surface area contributed by atoms with Crippen LogP contribution in [0.4, 0.5) is 15.8 Å². The lowest BCUT2D eigenvalue weighted by molar-refractivity contribution is -0.130. The van der Waals surface area contributed by atoms with Gasteiger partial charge < -0.3 is 20.1 Å². The van der Waals surface area contributed by atoms with Crippen molar-refractivity contribution in [2.75, 3.05) is 16.8 Å². The summed E-state index contributed by atoms with van der Waals surface area (Å²) in [6.45, 7) is 8.19. The van der Waals surface area contributed by atoms with Crippen LogP contribution in [0.1, 0.15) is 36.6 Å².